The van der Waals surface area contributed by atoms with Gasteiger partial charge in [-0.15, -0.1) is 0 Å². The first kappa shape index (κ1) is 7.43. The summed E-state index contributed by atoms with van der Waals surface area (Å²) in [6.45, 7) is 1.88. The number of pyridine rings is 1. The Balaban J connectivity index is 2.41. The van der Waals surface area contributed by atoms with Crippen LogP contribution in [0.5, 0.6) is 0 Å². The average molecular weight is 162 g/mol. The summed E-state index contributed by atoms with van der Waals surface area (Å²) in [4.78, 5) is 16.6. The Kier molecular flexibility index (Phi) is 1.66. The third kappa shape index (κ3) is 1.12. The van der Waals surface area contributed by atoms with E-state index in [9.17, 15) is 4.79 Å². The van der Waals surface area contributed by atoms with Crippen LogP contribution in [0.25, 0.3) is 0 Å². The van der Waals surface area contributed by atoms with E-state index >= 15 is 0 Å². The van der Waals surface area contributed by atoms with Crippen molar-refractivity contribution in [2.75, 3.05) is 7.05 Å². The molecule has 0 unspecified atom stereocenters. The van der Waals surface area contributed by atoms with E-state index in [4.69, 9.17) is 0 Å². The van der Waals surface area contributed by atoms with Gasteiger partial charge in [0, 0.05) is 19.3 Å². The second-order valence-electron chi connectivity index (χ2n) is 3.17. The van der Waals surface area contributed by atoms with E-state index in [1.165, 1.54) is 11.1 Å². The molecule has 12 heavy (non-hydrogen) atoms. The summed E-state index contributed by atoms with van der Waals surface area (Å²) in [5.74, 6) is 0. The summed E-state index contributed by atoms with van der Waals surface area (Å²) < 4.78 is 0. The minimum Gasteiger partial charge on any atom is -0.298 e. The smallest absolute Gasteiger partial charge is 0.168 e. The molecule has 3 heteroatoms. The molecule has 1 aromatic rings. The summed E-state index contributed by atoms with van der Waals surface area (Å²) in [6.07, 6.45) is 2.58. The number of fused-ring (bicyclic) bond motifs is 1. The van der Waals surface area contributed by atoms with Gasteiger partial charge in [-0.25, -0.2) is 0 Å². The van der Waals surface area contributed by atoms with Gasteiger partial charge in [0.2, 0.25) is 0 Å². The lowest BCUT2D eigenvalue weighted by Gasteiger charge is -2.02. The minimum atomic E-state index is 0.532. The lowest BCUT2D eigenvalue weighted by atomic mass is 10.1. The highest BCUT2D eigenvalue weighted by Crippen LogP contribution is 2.20. The predicted molar refractivity (Wildman–Crippen MR) is 44.8 cm³/mol. The van der Waals surface area contributed by atoms with Crippen LogP contribution in [0.4, 0.5) is 0 Å². The minimum absolute atomic E-state index is 0.532. The van der Waals surface area contributed by atoms with Crippen molar-refractivity contribution in [1.82, 2.24) is 9.88 Å². The Morgan fingerprint density at radius 3 is 3.00 bits per heavy atom. The molecule has 1 aromatic heterocycles. The Hall–Kier alpha value is -1.22. The molecule has 0 amide bonds. The van der Waals surface area contributed by atoms with Crippen molar-refractivity contribution in [3.05, 3.63) is 29.1 Å². The first-order valence-electron chi connectivity index (χ1n) is 3.91. The van der Waals surface area contributed by atoms with Crippen molar-refractivity contribution >= 4 is 6.29 Å². The number of carbonyl (C=O) groups is 1. The molecular formula is C9H10N2O. The van der Waals surface area contributed by atoms with Crippen molar-refractivity contribution in [3.8, 4) is 0 Å². The summed E-state index contributed by atoms with van der Waals surface area (Å²) in [5, 5.41) is 0. The van der Waals surface area contributed by atoms with Crippen molar-refractivity contribution < 1.29 is 4.79 Å². The van der Waals surface area contributed by atoms with Gasteiger partial charge in [-0.3, -0.25) is 14.7 Å². The highest BCUT2D eigenvalue weighted by molar-refractivity contribution is 5.72. The predicted octanol–water partition coefficient (Wildman–Crippen LogP) is 0.840. The maximum Gasteiger partial charge on any atom is 0.168 e. The second-order valence-corrected chi connectivity index (χ2v) is 3.17. The highest BCUT2D eigenvalue weighted by atomic mass is 16.1. The summed E-state index contributed by atoms with van der Waals surface area (Å²) in [5.41, 5.74) is 3.00. The third-order valence-electron chi connectivity index (χ3n) is 2.11. The van der Waals surface area contributed by atoms with Crippen LogP contribution in [-0.4, -0.2) is 23.2 Å². The van der Waals surface area contributed by atoms with Crippen LogP contribution in [-0.2, 0) is 13.1 Å². The lowest BCUT2D eigenvalue weighted by Crippen LogP contribution is -2.07. The topological polar surface area (TPSA) is 33.2 Å². The molecule has 0 saturated carbocycles. The summed E-state index contributed by atoms with van der Waals surface area (Å²) >= 11 is 0. The van der Waals surface area contributed by atoms with Crippen molar-refractivity contribution in [2.24, 2.45) is 0 Å². The zero-order valence-electron chi connectivity index (χ0n) is 6.95. The molecular weight excluding hydrogens is 152 g/mol. The molecule has 0 aromatic carbocycles. The van der Waals surface area contributed by atoms with E-state index < -0.39 is 0 Å². The maximum absolute atomic E-state index is 10.4. The van der Waals surface area contributed by atoms with Gasteiger partial charge in [0.05, 0.1) is 0 Å². The van der Waals surface area contributed by atoms with Gasteiger partial charge in [-0.2, -0.15) is 0 Å². The van der Waals surface area contributed by atoms with Crippen molar-refractivity contribution in [1.29, 1.82) is 0 Å². The zero-order chi connectivity index (χ0) is 8.55. The van der Waals surface area contributed by atoms with E-state index in [1.54, 1.807) is 6.20 Å². The lowest BCUT2D eigenvalue weighted by molar-refractivity contribution is 0.111. The van der Waals surface area contributed by atoms with Gasteiger partial charge in [0.25, 0.3) is 0 Å². The largest absolute Gasteiger partial charge is 0.298 e. The Morgan fingerprint density at radius 1 is 1.50 bits per heavy atom. The number of aromatic nitrogens is 1. The molecule has 62 valence electrons. The van der Waals surface area contributed by atoms with Crippen LogP contribution in [0.15, 0.2) is 12.3 Å². The molecule has 1 aliphatic rings. The second kappa shape index (κ2) is 2.68. The van der Waals surface area contributed by atoms with Crippen LogP contribution in [0.1, 0.15) is 21.6 Å². The van der Waals surface area contributed by atoms with Gasteiger partial charge in [0.1, 0.15) is 5.69 Å². The fourth-order valence-electron chi connectivity index (χ4n) is 1.54. The number of hydrogen-bond acceptors (Lipinski definition) is 3. The van der Waals surface area contributed by atoms with Crippen LogP contribution in [0, 0.1) is 0 Å². The molecule has 2 rings (SSSR count). The molecule has 3 nitrogen and oxygen atoms in total. The third-order valence-corrected chi connectivity index (χ3v) is 2.11. The standard InChI is InChI=1S/C9H10N2O/c1-11-4-7-2-9(6-12)10-3-8(7)5-11/h2-3,6H,4-5H2,1H3. The number of rotatable bonds is 1. The SMILES string of the molecule is CN1Cc2cnc(C=O)cc2C1. The summed E-state index contributed by atoms with van der Waals surface area (Å²) in [7, 11) is 2.06. The normalized spacial score (nSPS) is 16.1. The van der Waals surface area contributed by atoms with E-state index in [-0.39, 0.29) is 0 Å². The van der Waals surface area contributed by atoms with E-state index in [2.05, 4.69) is 16.9 Å². The fourth-order valence-corrected chi connectivity index (χ4v) is 1.54. The van der Waals surface area contributed by atoms with Gasteiger partial charge in [-0.1, -0.05) is 0 Å². The molecule has 2 heterocycles. The number of aldehydes is 1. The van der Waals surface area contributed by atoms with Crippen LogP contribution < -0.4 is 0 Å². The highest BCUT2D eigenvalue weighted by Gasteiger charge is 2.15. The van der Waals surface area contributed by atoms with Crippen LogP contribution >= 0.6 is 0 Å². The molecule has 0 atom stereocenters. The molecule has 0 aliphatic carbocycles. The van der Waals surface area contributed by atoms with E-state index in [1.807, 2.05) is 6.07 Å². The van der Waals surface area contributed by atoms with Gasteiger partial charge in [0.15, 0.2) is 6.29 Å². The molecule has 0 radical (unpaired) electrons. The van der Waals surface area contributed by atoms with Crippen molar-refractivity contribution in [2.45, 2.75) is 13.1 Å². The molecule has 0 fully saturated rings. The first-order valence-corrected chi connectivity index (χ1v) is 3.91. The Morgan fingerprint density at radius 2 is 2.25 bits per heavy atom. The fraction of sp³-hybridized carbons (Fsp3) is 0.333. The van der Waals surface area contributed by atoms with Crippen molar-refractivity contribution in [3.63, 3.8) is 0 Å². The molecule has 0 spiro atoms. The monoisotopic (exact) mass is 162 g/mol. The molecule has 0 N–H and O–H groups in total. The van der Waals surface area contributed by atoms with E-state index in [0.717, 1.165) is 19.4 Å². The Labute approximate surface area is 71.0 Å². The number of nitrogens with zero attached hydrogens (tertiary/aromatic N) is 2. The van der Waals surface area contributed by atoms with Crippen LogP contribution in [0.3, 0.4) is 0 Å². The van der Waals surface area contributed by atoms with Gasteiger partial charge >= 0.3 is 0 Å². The van der Waals surface area contributed by atoms with Crippen LogP contribution in [0.2, 0.25) is 0 Å². The first-order chi connectivity index (χ1) is 5.79. The summed E-state index contributed by atoms with van der Waals surface area (Å²) in [6, 6.07) is 1.87. The zero-order valence-corrected chi connectivity index (χ0v) is 6.95. The molecule has 0 bridgehead atoms. The number of hydrogen-bond donors (Lipinski definition) is 0. The quantitative estimate of drug-likeness (QED) is 0.574. The molecule has 1 aliphatic heterocycles. The molecule has 0 saturated heterocycles. The van der Waals surface area contributed by atoms with Gasteiger partial charge < -0.3 is 0 Å². The maximum atomic E-state index is 10.4. The van der Waals surface area contributed by atoms with E-state index in [0.29, 0.717) is 5.69 Å². The Bertz CT molecular complexity index is 322. The number of carbonyl (C=O) groups excluding carboxylic acids is 1. The average Bonchev–Trinajstić information content (AvgIpc) is 2.43. The van der Waals surface area contributed by atoms with Gasteiger partial charge in [-0.05, 0) is 24.2 Å².